The molecule has 1 aliphatic rings. The van der Waals surface area contributed by atoms with Crippen molar-refractivity contribution in [2.45, 2.75) is 13.3 Å². The molecule has 2 aromatic carbocycles. The number of anilines is 1. The van der Waals surface area contributed by atoms with Crippen LogP contribution in [0.4, 0.5) is 5.13 Å². The second kappa shape index (κ2) is 9.22. The van der Waals surface area contributed by atoms with Crippen LogP contribution in [0.1, 0.15) is 22.3 Å². The van der Waals surface area contributed by atoms with Crippen LogP contribution in [0.5, 0.6) is 0 Å². The topological polar surface area (TPSA) is 45.7 Å². The number of morpholine rings is 1. The number of rotatable bonds is 6. The second-order valence-electron chi connectivity index (χ2n) is 7.22. The quantitative estimate of drug-likeness (QED) is 0.573. The van der Waals surface area contributed by atoms with Crippen LogP contribution in [-0.2, 0) is 4.74 Å². The molecule has 3 aromatic rings. The maximum atomic E-state index is 13.4. The zero-order valence-corrected chi connectivity index (χ0v) is 18.0. The van der Waals surface area contributed by atoms with Crippen LogP contribution in [0, 0.1) is 6.92 Å². The Hall–Kier alpha value is -1.99. The van der Waals surface area contributed by atoms with E-state index in [-0.39, 0.29) is 5.91 Å². The third-order valence-corrected chi connectivity index (χ3v) is 6.41. The van der Waals surface area contributed by atoms with E-state index in [0.717, 1.165) is 55.0 Å². The molecule has 1 amide bonds. The van der Waals surface area contributed by atoms with Crippen molar-refractivity contribution in [3.63, 3.8) is 0 Å². The normalized spacial score (nSPS) is 15.0. The molecule has 0 aliphatic carbocycles. The number of para-hydroxylation sites is 1. The van der Waals surface area contributed by atoms with Gasteiger partial charge in [0.1, 0.15) is 5.52 Å². The lowest BCUT2D eigenvalue weighted by Crippen LogP contribution is -2.39. The van der Waals surface area contributed by atoms with Gasteiger partial charge in [0, 0.05) is 31.7 Å². The van der Waals surface area contributed by atoms with Crippen molar-refractivity contribution in [2.24, 2.45) is 0 Å². The van der Waals surface area contributed by atoms with Crippen LogP contribution in [0.2, 0.25) is 5.02 Å². The van der Waals surface area contributed by atoms with Crippen molar-refractivity contribution < 1.29 is 9.53 Å². The van der Waals surface area contributed by atoms with Gasteiger partial charge in [-0.3, -0.25) is 14.6 Å². The second-order valence-corrected chi connectivity index (χ2v) is 8.63. The zero-order chi connectivity index (χ0) is 20.2. The summed E-state index contributed by atoms with van der Waals surface area (Å²) in [6.07, 6.45) is 0.876. The maximum absolute atomic E-state index is 13.4. The van der Waals surface area contributed by atoms with E-state index in [1.807, 2.05) is 49.4 Å². The van der Waals surface area contributed by atoms with Crippen molar-refractivity contribution in [2.75, 3.05) is 44.3 Å². The average molecular weight is 430 g/mol. The number of halogens is 1. The number of ether oxygens (including phenoxy) is 1. The van der Waals surface area contributed by atoms with E-state index in [1.54, 1.807) is 4.90 Å². The molecule has 152 valence electrons. The summed E-state index contributed by atoms with van der Waals surface area (Å²) in [5, 5.41) is 1.31. The first-order chi connectivity index (χ1) is 14.1. The molecule has 0 radical (unpaired) electrons. The molecule has 4 rings (SSSR count). The highest BCUT2D eigenvalue weighted by molar-refractivity contribution is 7.22. The monoisotopic (exact) mass is 429 g/mol. The first-order valence-corrected chi connectivity index (χ1v) is 11.0. The number of aromatic nitrogens is 1. The van der Waals surface area contributed by atoms with Crippen LogP contribution in [0.25, 0.3) is 10.2 Å². The van der Waals surface area contributed by atoms with Gasteiger partial charge >= 0.3 is 0 Å². The summed E-state index contributed by atoms with van der Waals surface area (Å²) in [5.41, 5.74) is 2.50. The summed E-state index contributed by atoms with van der Waals surface area (Å²) in [4.78, 5) is 22.3. The van der Waals surface area contributed by atoms with Gasteiger partial charge in [0.2, 0.25) is 0 Å². The fourth-order valence-electron chi connectivity index (χ4n) is 3.51. The van der Waals surface area contributed by atoms with Gasteiger partial charge in [-0.05, 0) is 37.6 Å². The minimum atomic E-state index is -0.0224. The van der Waals surface area contributed by atoms with Crippen LogP contribution >= 0.6 is 22.9 Å². The van der Waals surface area contributed by atoms with Crippen LogP contribution < -0.4 is 4.90 Å². The number of nitrogens with zero attached hydrogens (tertiary/aromatic N) is 3. The standard InChI is InChI=1S/C22H24ClN3O2S/c1-16-5-2-6-17(15-16)21(27)26(10-4-9-25-11-13-28-14-12-25)22-24-20-18(23)7-3-8-19(20)29-22/h2-3,5-8,15H,4,9-14H2,1H3. The number of thiazole rings is 1. The Morgan fingerprint density at radius 1 is 1.24 bits per heavy atom. The van der Waals surface area contributed by atoms with Crippen molar-refractivity contribution in [3.8, 4) is 0 Å². The Morgan fingerprint density at radius 2 is 2.03 bits per heavy atom. The molecular weight excluding hydrogens is 406 g/mol. The summed E-state index contributed by atoms with van der Waals surface area (Å²) in [6.45, 7) is 7.00. The zero-order valence-electron chi connectivity index (χ0n) is 16.4. The SMILES string of the molecule is Cc1cccc(C(=O)N(CCCN2CCOCC2)c2nc3c(Cl)cccc3s2)c1. The molecule has 1 saturated heterocycles. The Balaban J connectivity index is 1.58. The molecule has 2 heterocycles. The average Bonchev–Trinajstić information content (AvgIpc) is 3.17. The lowest BCUT2D eigenvalue weighted by Gasteiger charge is -2.27. The number of benzene rings is 2. The molecule has 7 heteroatoms. The Kier molecular flexibility index (Phi) is 6.45. The smallest absolute Gasteiger partial charge is 0.260 e. The first-order valence-electron chi connectivity index (χ1n) is 9.85. The predicted molar refractivity (Wildman–Crippen MR) is 119 cm³/mol. The van der Waals surface area contributed by atoms with Gasteiger partial charge in [0.25, 0.3) is 5.91 Å². The lowest BCUT2D eigenvalue weighted by molar-refractivity contribution is 0.0376. The molecule has 5 nitrogen and oxygen atoms in total. The molecule has 0 atom stereocenters. The molecule has 1 aromatic heterocycles. The molecule has 0 bridgehead atoms. The molecule has 0 unspecified atom stereocenters. The van der Waals surface area contributed by atoms with Crippen molar-refractivity contribution >= 4 is 44.2 Å². The molecule has 29 heavy (non-hydrogen) atoms. The Morgan fingerprint density at radius 3 is 2.79 bits per heavy atom. The summed E-state index contributed by atoms with van der Waals surface area (Å²) < 4.78 is 6.41. The van der Waals surface area contributed by atoms with Crippen LogP contribution in [0.15, 0.2) is 42.5 Å². The van der Waals surface area contributed by atoms with Gasteiger partial charge in [0.05, 0.1) is 22.9 Å². The number of amides is 1. The van der Waals surface area contributed by atoms with Gasteiger partial charge < -0.3 is 4.74 Å². The number of hydrogen-bond donors (Lipinski definition) is 0. The van der Waals surface area contributed by atoms with E-state index < -0.39 is 0 Å². The summed E-state index contributed by atoms with van der Waals surface area (Å²) in [6, 6.07) is 13.4. The third-order valence-electron chi connectivity index (χ3n) is 5.06. The molecule has 0 saturated carbocycles. The molecule has 0 N–H and O–H groups in total. The predicted octanol–water partition coefficient (Wildman–Crippen LogP) is 4.63. The lowest BCUT2D eigenvalue weighted by atomic mass is 10.1. The number of fused-ring (bicyclic) bond motifs is 1. The summed E-state index contributed by atoms with van der Waals surface area (Å²) in [7, 11) is 0. The van der Waals surface area contributed by atoms with E-state index in [0.29, 0.717) is 22.3 Å². The third kappa shape index (κ3) is 4.78. The van der Waals surface area contributed by atoms with Gasteiger partial charge in [0.15, 0.2) is 5.13 Å². The summed E-state index contributed by atoms with van der Waals surface area (Å²) >= 11 is 7.83. The fourth-order valence-corrected chi connectivity index (χ4v) is 4.80. The molecule has 1 fully saturated rings. The van der Waals surface area contributed by atoms with Gasteiger partial charge in [-0.15, -0.1) is 0 Å². The molecular formula is C22H24ClN3O2S. The van der Waals surface area contributed by atoms with Crippen molar-refractivity contribution in [3.05, 3.63) is 58.6 Å². The first kappa shape index (κ1) is 20.3. The number of hydrogen-bond acceptors (Lipinski definition) is 5. The largest absolute Gasteiger partial charge is 0.379 e. The van der Waals surface area contributed by atoms with E-state index in [2.05, 4.69) is 4.90 Å². The van der Waals surface area contributed by atoms with E-state index >= 15 is 0 Å². The molecule has 1 aliphatic heterocycles. The van der Waals surface area contributed by atoms with Gasteiger partial charge in [-0.25, -0.2) is 4.98 Å². The minimum Gasteiger partial charge on any atom is -0.379 e. The minimum absolute atomic E-state index is 0.0224. The van der Waals surface area contributed by atoms with Crippen molar-refractivity contribution in [1.82, 2.24) is 9.88 Å². The maximum Gasteiger partial charge on any atom is 0.260 e. The highest BCUT2D eigenvalue weighted by atomic mass is 35.5. The summed E-state index contributed by atoms with van der Waals surface area (Å²) in [5.74, 6) is -0.0224. The Bertz CT molecular complexity index is 1000. The number of carbonyl (C=O) groups excluding carboxylic acids is 1. The van der Waals surface area contributed by atoms with Crippen LogP contribution in [0.3, 0.4) is 0 Å². The molecule has 0 spiro atoms. The van der Waals surface area contributed by atoms with E-state index in [4.69, 9.17) is 21.3 Å². The van der Waals surface area contributed by atoms with Gasteiger partial charge in [-0.2, -0.15) is 0 Å². The van der Waals surface area contributed by atoms with Crippen molar-refractivity contribution in [1.29, 1.82) is 0 Å². The number of carbonyl (C=O) groups is 1. The van der Waals surface area contributed by atoms with E-state index in [9.17, 15) is 4.79 Å². The number of aryl methyl sites for hydroxylation is 1. The highest BCUT2D eigenvalue weighted by Crippen LogP contribution is 2.33. The van der Waals surface area contributed by atoms with Crippen LogP contribution in [-0.4, -0.2) is 55.2 Å². The fraction of sp³-hybridized carbons (Fsp3) is 0.364. The highest BCUT2D eigenvalue weighted by Gasteiger charge is 2.22. The Labute approximate surface area is 179 Å². The van der Waals surface area contributed by atoms with E-state index in [1.165, 1.54) is 11.3 Å². The van der Waals surface area contributed by atoms with Gasteiger partial charge in [-0.1, -0.05) is 46.7 Å².